The van der Waals surface area contributed by atoms with Crippen LogP contribution >= 0.6 is 0 Å². The molecule has 1 aromatic rings. The van der Waals surface area contributed by atoms with Gasteiger partial charge in [0.25, 0.3) is 10.0 Å². The first kappa shape index (κ1) is 13.0. The number of nitrogens with zero attached hydrogens (tertiary/aromatic N) is 1. The molecule has 1 rings (SSSR count). The fourth-order valence-corrected chi connectivity index (χ4v) is 2.35. The van der Waals surface area contributed by atoms with E-state index in [0.717, 1.165) is 9.88 Å². The third-order valence-corrected chi connectivity index (χ3v) is 3.63. The lowest BCUT2D eigenvalue weighted by molar-refractivity contribution is 0.235. The Balaban J connectivity index is 2.97. The molecule has 1 heterocycles. The molecule has 0 atom stereocenters. The Hall–Kier alpha value is -1.11. The van der Waals surface area contributed by atoms with Crippen LogP contribution in [-0.4, -0.2) is 31.4 Å². The van der Waals surface area contributed by atoms with Gasteiger partial charge in [-0.25, -0.2) is 8.42 Å². The third-order valence-electron chi connectivity index (χ3n) is 1.95. The lowest BCUT2D eigenvalue weighted by Gasteiger charge is -2.14. The van der Waals surface area contributed by atoms with Crippen LogP contribution < -0.4 is 0 Å². The van der Waals surface area contributed by atoms with E-state index in [9.17, 15) is 8.42 Å². The Morgan fingerprint density at radius 3 is 2.62 bits per heavy atom. The third kappa shape index (κ3) is 2.72. The van der Waals surface area contributed by atoms with Gasteiger partial charge in [0.15, 0.2) is 0 Å². The van der Waals surface area contributed by atoms with E-state index in [1.165, 1.54) is 19.2 Å². The van der Waals surface area contributed by atoms with Crippen LogP contribution in [0, 0.1) is 0 Å². The van der Waals surface area contributed by atoms with E-state index in [1.807, 2.05) is 0 Å². The Morgan fingerprint density at radius 1 is 1.56 bits per heavy atom. The quantitative estimate of drug-likeness (QED) is 0.785. The Bertz CT molecular complexity index is 475. The van der Waals surface area contributed by atoms with Crippen LogP contribution in [0.1, 0.15) is 12.7 Å². The van der Waals surface area contributed by atoms with Crippen molar-refractivity contribution in [3.05, 3.63) is 30.0 Å². The fraction of sp³-hybridized carbons (Fsp3) is 0.400. The molecule has 0 amide bonds. The van der Waals surface area contributed by atoms with Crippen LogP contribution in [0.3, 0.4) is 0 Å². The maximum Gasteiger partial charge on any atom is 0.276 e. The van der Waals surface area contributed by atoms with Crippen molar-refractivity contribution in [2.24, 2.45) is 0 Å². The maximum atomic E-state index is 11.9. The summed E-state index contributed by atoms with van der Waals surface area (Å²) in [5, 5.41) is 8.62. The molecule has 0 fully saturated rings. The predicted octanol–water partition coefficient (Wildman–Crippen LogP) is 0.969. The van der Waals surface area contributed by atoms with Gasteiger partial charge in [0.1, 0.15) is 12.4 Å². The van der Waals surface area contributed by atoms with E-state index < -0.39 is 10.0 Å². The lowest BCUT2D eigenvalue weighted by Crippen LogP contribution is -2.28. The number of furan rings is 1. The molecule has 5 nitrogen and oxygen atoms in total. The normalized spacial score (nSPS) is 12.0. The molecule has 0 radical (unpaired) electrons. The monoisotopic (exact) mass is 245 g/mol. The summed E-state index contributed by atoms with van der Waals surface area (Å²) in [4.78, 5) is 0. The standard InChI is InChI=1S/C10H15NO4S/c1-8(2)6-11(3)16(13,14)10-5-4-9(7-12)15-10/h4-5,12H,1,6-7H2,2-3H3. The second kappa shape index (κ2) is 4.82. The first-order valence-electron chi connectivity index (χ1n) is 4.68. The van der Waals surface area contributed by atoms with Gasteiger partial charge < -0.3 is 9.52 Å². The molecule has 0 unspecified atom stereocenters. The largest absolute Gasteiger partial charge is 0.446 e. The van der Waals surface area contributed by atoms with E-state index in [4.69, 9.17) is 9.52 Å². The summed E-state index contributed by atoms with van der Waals surface area (Å²) in [7, 11) is -2.18. The number of hydrogen-bond donors (Lipinski definition) is 1. The number of aliphatic hydroxyl groups is 1. The molecule has 16 heavy (non-hydrogen) atoms. The average Bonchev–Trinajstić information content (AvgIpc) is 2.65. The van der Waals surface area contributed by atoms with Gasteiger partial charge >= 0.3 is 0 Å². The van der Waals surface area contributed by atoms with Crippen molar-refractivity contribution < 1.29 is 17.9 Å². The molecule has 0 aliphatic heterocycles. The van der Waals surface area contributed by atoms with Crippen LogP contribution in [0.5, 0.6) is 0 Å². The highest BCUT2D eigenvalue weighted by Crippen LogP contribution is 2.18. The van der Waals surface area contributed by atoms with E-state index in [1.54, 1.807) is 6.92 Å². The first-order valence-corrected chi connectivity index (χ1v) is 6.12. The summed E-state index contributed by atoms with van der Waals surface area (Å²) in [6.07, 6.45) is 0. The minimum Gasteiger partial charge on any atom is -0.446 e. The zero-order chi connectivity index (χ0) is 12.3. The first-order chi connectivity index (χ1) is 7.37. The molecule has 1 N–H and O–H groups in total. The second-order valence-corrected chi connectivity index (χ2v) is 5.57. The van der Waals surface area contributed by atoms with Crippen molar-refractivity contribution in [2.75, 3.05) is 13.6 Å². The Kier molecular flexibility index (Phi) is 3.90. The molecular formula is C10H15NO4S. The zero-order valence-electron chi connectivity index (χ0n) is 9.30. The molecular weight excluding hydrogens is 230 g/mol. The average molecular weight is 245 g/mol. The minimum atomic E-state index is -3.63. The fourth-order valence-electron chi connectivity index (χ4n) is 1.20. The maximum absolute atomic E-state index is 11.9. The van der Waals surface area contributed by atoms with Crippen LogP contribution in [-0.2, 0) is 16.6 Å². The van der Waals surface area contributed by atoms with Crippen LogP contribution in [0.4, 0.5) is 0 Å². The van der Waals surface area contributed by atoms with Crippen molar-refractivity contribution in [1.82, 2.24) is 4.31 Å². The van der Waals surface area contributed by atoms with Crippen molar-refractivity contribution in [3.8, 4) is 0 Å². The smallest absolute Gasteiger partial charge is 0.276 e. The van der Waals surface area contributed by atoms with E-state index in [0.29, 0.717) is 0 Å². The van der Waals surface area contributed by atoms with Gasteiger partial charge in [-0.15, -0.1) is 0 Å². The van der Waals surface area contributed by atoms with Crippen molar-refractivity contribution in [3.63, 3.8) is 0 Å². The summed E-state index contributed by atoms with van der Waals surface area (Å²) < 4.78 is 30.0. The highest BCUT2D eigenvalue weighted by atomic mass is 32.2. The Morgan fingerprint density at radius 2 is 2.19 bits per heavy atom. The number of likely N-dealkylation sites (N-methyl/N-ethyl adjacent to an activating group) is 1. The highest BCUT2D eigenvalue weighted by molar-refractivity contribution is 7.89. The summed E-state index contributed by atoms with van der Waals surface area (Å²) in [5.41, 5.74) is 0.736. The second-order valence-electron chi connectivity index (χ2n) is 3.60. The summed E-state index contributed by atoms with van der Waals surface area (Å²) in [6, 6.07) is 2.76. The predicted molar refractivity (Wildman–Crippen MR) is 59.3 cm³/mol. The van der Waals surface area contributed by atoms with E-state index in [-0.39, 0.29) is 24.0 Å². The molecule has 0 saturated heterocycles. The zero-order valence-corrected chi connectivity index (χ0v) is 10.1. The van der Waals surface area contributed by atoms with Crippen molar-refractivity contribution in [1.29, 1.82) is 0 Å². The number of hydrogen-bond acceptors (Lipinski definition) is 4. The van der Waals surface area contributed by atoms with Gasteiger partial charge in [-0.1, -0.05) is 12.2 Å². The molecule has 0 spiro atoms. The van der Waals surface area contributed by atoms with Gasteiger partial charge in [-0.2, -0.15) is 4.31 Å². The summed E-state index contributed by atoms with van der Waals surface area (Å²) in [6.45, 7) is 5.30. The number of rotatable bonds is 5. The van der Waals surface area contributed by atoms with Gasteiger partial charge in [0.05, 0.1) is 0 Å². The minimum absolute atomic E-state index is 0.166. The topological polar surface area (TPSA) is 70.8 Å². The molecule has 0 saturated carbocycles. The summed E-state index contributed by atoms with van der Waals surface area (Å²) >= 11 is 0. The van der Waals surface area contributed by atoms with Crippen molar-refractivity contribution in [2.45, 2.75) is 18.6 Å². The van der Waals surface area contributed by atoms with Crippen LogP contribution in [0.25, 0.3) is 0 Å². The SMILES string of the molecule is C=C(C)CN(C)S(=O)(=O)c1ccc(CO)o1. The van der Waals surface area contributed by atoms with Gasteiger partial charge in [-0.05, 0) is 19.1 Å². The molecule has 0 aliphatic rings. The summed E-state index contributed by atoms with van der Waals surface area (Å²) in [5.74, 6) is 0.224. The number of aliphatic hydroxyl groups excluding tert-OH is 1. The molecule has 1 aromatic heterocycles. The highest BCUT2D eigenvalue weighted by Gasteiger charge is 2.24. The molecule has 0 aliphatic carbocycles. The van der Waals surface area contributed by atoms with Crippen LogP contribution in [0.15, 0.2) is 33.8 Å². The van der Waals surface area contributed by atoms with Gasteiger partial charge in [0.2, 0.25) is 5.09 Å². The van der Waals surface area contributed by atoms with Crippen molar-refractivity contribution >= 4 is 10.0 Å². The molecule has 6 heteroatoms. The van der Waals surface area contributed by atoms with Gasteiger partial charge in [0, 0.05) is 13.6 Å². The molecule has 90 valence electrons. The van der Waals surface area contributed by atoms with E-state index >= 15 is 0 Å². The number of sulfonamides is 1. The lowest BCUT2D eigenvalue weighted by atomic mass is 10.4. The molecule has 0 aromatic carbocycles. The Labute approximate surface area is 95.0 Å². The molecule has 0 bridgehead atoms. The van der Waals surface area contributed by atoms with Gasteiger partial charge in [-0.3, -0.25) is 0 Å². The van der Waals surface area contributed by atoms with Crippen LogP contribution in [0.2, 0.25) is 0 Å². The van der Waals surface area contributed by atoms with E-state index in [2.05, 4.69) is 6.58 Å².